The zero-order valence-electron chi connectivity index (χ0n) is 15.9. The van der Waals surface area contributed by atoms with Crippen LogP contribution in [0.2, 0.25) is 0 Å². The zero-order valence-corrected chi connectivity index (χ0v) is 19.0. The van der Waals surface area contributed by atoms with Gasteiger partial charge in [-0.05, 0) is 63.2 Å². The van der Waals surface area contributed by atoms with Crippen LogP contribution in [-0.4, -0.2) is 62.6 Å². The quantitative estimate of drug-likeness (QED) is 0.251. The van der Waals surface area contributed by atoms with Gasteiger partial charge in [0, 0.05) is 32.1 Å². The molecule has 1 saturated heterocycles. The molecule has 0 atom stereocenters. The first-order valence-electron chi connectivity index (χ1n) is 9.46. The van der Waals surface area contributed by atoms with Gasteiger partial charge in [-0.25, -0.2) is 0 Å². The molecule has 1 aromatic heterocycles. The molecule has 1 aliphatic heterocycles. The highest BCUT2D eigenvalue weighted by molar-refractivity contribution is 14.0. The van der Waals surface area contributed by atoms with Crippen LogP contribution in [-0.2, 0) is 6.42 Å². The van der Waals surface area contributed by atoms with E-state index in [1.165, 1.54) is 63.0 Å². The highest BCUT2D eigenvalue weighted by Crippen LogP contribution is 2.10. The van der Waals surface area contributed by atoms with E-state index in [-0.39, 0.29) is 24.0 Å². The molecule has 1 fully saturated rings. The van der Waals surface area contributed by atoms with Gasteiger partial charge >= 0.3 is 0 Å². The Kier molecular flexibility index (Phi) is 12.5. The second kappa shape index (κ2) is 13.8. The Morgan fingerprint density at radius 2 is 2.04 bits per heavy atom. The molecule has 1 aromatic rings. The maximum absolute atomic E-state index is 4.41. The van der Waals surface area contributed by atoms with E-state index in [1.54, 1.807) is 0 Å². The zero-order chi connectivity index (χ0) is 17.0. The van der Waals surface area contributed by atoms with Crippen molar-refractivity contribution in [2.24, 2.45) is 4.99 Å². The Bertz CT molecular complexity index is 458. The lowest BCUT2D eigenvalue weighted by Gasteiger charge is -2.26. The number of aliphatic imine (C=N–C) groups is 1. The van der Waals surface area contributed by atoms with E-state index in [9.17, 15) is 0 Å². The lowest BCUT2D eigenvalue weighted by molar-refractivity contribution is 0.224. The van der Waals surface area contributed by atoms with Gasteiger partial charge in [0.2, 0.25) is 0 Å². The number of unbranched alkanes of at least 4 members (excludes halogenated alkanes) is 2. The average molecular weight is 478 g/mol. The van der Waals surface area contributed by atoms with Gasteiger partial charge < -0.3 is 15.1 Å². The molecule has 6 heteroatoms. The Morgan fingerprint density at radius 3 is 2.72 bits per heavy atom. The third kappa shape index (κ3) is 9.24. The third-order valence-corrected chi connectivity index (χ3v) is 5.67. The maximum atomic E-state index is 4.41. The van der Waals surface area contributed by atoms with Gasteiger partial charge in [-0.3, -0.25) is 4.99 Å². The lowest BCUT2D eigenvalue weighted by atomic mass is 10.1. The number of nitrogens with zero attached hydrogens (tertiary/aromatic N) is 3. The first kappa shape index (κ1) is 22.7. The van der Waals surface area contributed by atoms with Crippen LogP contribution in [0.15, 0.2) is 22.5 Å². The Hall–Kier alpha value is -0.340. The molecular weight excluding hydrogens is 443 g/mol. The molecule has 25 heavy (non-hydrogen) atoms. The molecule has 0 saturated carbocycles. The van der Waals surface area contributed by atoms with Crippen LogP contribution in [0.5, 0.6) is 0 Å². The van der Waals surface area contributed by atoms with Crippen molar-refractivity contribution in [1.82, 2.24) is 15.1 Å². The SMILES string of the molecule is CN=C(NCCCCCN1CCCCC1)N(C)CCc1cccs1.I. The van der Waals surface area contributed by atoms with E-state index in [4.69, 9.17) is 0 Å². The second-order valence-corrected chi connectivity index (χ2v) is 7.72. The molecule has 2 rings (SSSR count). The van der Waals surface area contributed by atoms with Crippen LogP contribution < -0.4 is 5.32 Å². The molecule has 1 N–H and O–H groups in total. The van der Waals surface area contributed by atoms with Crippen molar-refractivity contribution in [3.63, 3.8) is 0 Å². The van der Waals surface area contributed by atoms with Gasteiger partial charge in [0.25, 0.3) is 0 Å². The molecule has 1 aliphatic rings. The minimum atomic E-state index is 0. The van der Waals surface area contributed by atoms with E-state index in [2.05, 4.69) is 44.7 Å². The molecule has 0 aliphatic carbocycles. The van der Waals surface area contributed by atoms with Crippen molar-refractivity contribution in [2.75, 3.05) is 46.8 Å². The summed E-state index contributed by atoms with van der Waals surface area (Å²) < 4.78 is 0. The van der Waals surface area contributed by atoms with Gasteiger partial charge in [0.15, 0.2) is 5.96 Å². The highest BCUT2D eigenvalue weighted by atomic mass is 127. The topological polar surface area (TPSA) is 30.9 Å². The molecule has 0 radical (unpaired) electrons. The second-order valence-electron chi connectivity index (χ2n) is 6.69. The molecule has 144 valence electrons. The molecule has 4 nitrogen and oxygen atoms in total. The average Bonchev–Trinajstić information content (AvgIpc) is 3.13. The van der Waals surface area contributed by atoms with E-state index < -0.39 is 0 Å². The van der Waals surface area contributed by atoms with Gasteiger partial charge in [0.1, 0.15) is 0 Å². The summed E-state index contributed by atoms with van der Waals surface area (Å²) in [7, 11) is 4.00. The first-order chi connectivity index (χ1) is 11.8. The van der Waals surface area contributed by atoms with Crippen molar-refractivity contribution in [3.8, 4) is 0 Å². The first-order valence-corrected chi connectivity index (χ1v) is 10.3. The number of hydrogen-bond acceptors (Lipinski definition) is 3. The summed E-state index contributed by atoms with van der Waals surface area (Å²) in [6, 6.07) is 4.33. The molecular formula is C19H35IN4S. The normalized spacial score (nSPS) is 15.7. The fraction of sp³-hybridized carbons (Fsp3) is 0.737. The van der Waals surface area contributed by atoms with Crippen LogP contribution >= 0.6 is 35.3 Å². The van der Waals surface area contributed by atoms with Crippen molar-refractivity contribution >= 4 is 41.3 Å². The molecule has 0 spiro atoms. The van der Waals surface area contributed by atoms with Crippen LogP contribution in [0.4, 0.5) is 0 Å². The summed E-state index contributed by atoms with van der Waals surface area (Å²) in [5.74, 6) is 1.02. The number of thiophene rings is 1. The standard InChI is InChI=1S/C19H34N4S.HI/c1-20-19(22(2)16-11-18-10-9-17-24-18)21-12-5-3-6-13-23-14-7-4-8-15-23;/h9-10,17H,3-8,11-16H2,1-2H3,(H,20,21);1H. The van der Waals surface area contributed by atoms with Crippen LogP contribution in [0.25, 0.3) is 0 Å². The summed E-state index contributed by atoms with van der Waals surface area (Å²) >= 11 is 1.83. The number of guanidine groups is 1. The maximum Gasteiger partial charge on any atom is 0.193 e. The number of hydrogen-bond donors (Lipinski definition) is 1. The van der Waals surface area contributed by atoms with Crippen LogP contribution in [0.1, 0.15) is 43.4 Å². The Labute approximate surface area is 175 Å². The van der Waals surface area contributed by atoms with Crippen LogP contribution in [0, 0.1) is 0 Å². The largest absolute Gasteiger partial charge is 0.356 e. The van der Waals surface area contributed by atoms with Crippen LogP contribution in [0.3, 0.4) is 0 Å². The van der Waals surface area contributed by atoms with Gasteiger partial charge in [0.05, 0.1) is 0 Å². The molecule has 0 aromatic carbocycles. The summed E-state index contributed by atoms with van der Waals surface area (Å²) in [6.07, 6.45) is 9.18. The molecule has 0 unspecified atom stereocenters. The van der Waals surface area contributed by atoms with E-state index >= 15 is 0 Å². The van der Waals surface area contributed by atoms with E-state index in [1.807, 2.05) is 18.4 Å². The minimum Gasteiger partial charge on any atom is -0.356 e. The van der Waals surface area contributed by atoms with E-state index in [0.717, 1.165) is 25.5 Å². The smallest absolute Gasteiger partial charge is 0.193 e. The summed E-state index contributed by atoms with van der Waals surface area (Å²) in [6.45, 7) is 5.96. The number of piperidine rings is 1. The fourth-order valence-corrected chi connectivity index (χ4v) is 3.94. The number of rotatable bonds is 9. The predicted molar refractivity (Wildman–Crippen MR) is 122 cm³/mol. The summed E-state index contributed by atoms with van der Waals surface area (Å²) in [5, 5.41) is 5.65. The number of halogens is 1. The number of likely N-dealkylation sites (N-methyl/N-ethyl adjacent to an activating group) is 1. The Morgan fingerprint density at radius 1 is 1.24 bits per heavy atom. The van der Waals surface area contributed by atoms with Gasteiger partial charge in [-0.2, -0.15) is 0 Å². The highest BCUT2D eigenvalue weighted by Gasteiger charge is 2.09. The molecule has 0 bridgehead atoms. The molecule has 2 heterocycles. The summed E-state index contributed by atoms with van der Waals surface area (Å²) in [5.41, 5.74) is 0. The fourth-order valence-electron chi connectivity index (χ4n) is 3.24. The van der Waals surface area contributed by atoms with E-state index in [0.29, 0.717) is 0 Å². The monoisotopic (exact) mass is 478 g/mol. The lowest BCUT2D eigenvalue weighted by Crippen LogP contribution is -2.40. The van der Waals surface area contributed by atoms with Gasteiger partial charge in [-0.1, -0.05) is 18.9 Å². The summed E-state index contributed by atoms with van der Waals surface area (Å²) in [4.78, 5) is 10.7. The van der Waals surface area contributed by atoms with Crippen molar-refractivity contribution in [2.45, 2.75) is 44.9 Å². The van der Waals surface area contributed by atoms with Crippen molar-refractivity contribution in [3.05, 3.63) is 22.4 Å². The molecule has 0 amide bonds. The predicted octanol–water partition coefficient (Wildman–Crippen LogP) is 4.07. The van der Waals surface area contributed by atoms with Crippen molar-refractivity contribution in [1.29, 1.82) is 0 Å². The Balaban J connectivity index is 0.00000312. The van der Waals surface area contributed by atoms with Crippen molar-refractivity contribution < 1.29 is 0 Å². The van der Waals surface area contributed by atoms with Gasteiger partial charge in [-0.15, -0.1) is 35.3 Å². The number of nitrogens with one attached hydrogen (secondary N) is 1. The number of likely N-dealkylation sites (tertiary alicyclic amines) is 1. The minimum absolute atomic E-state index is 0. The third-order valence-electron chi connectivity index (χ3n) is 4.73.